The van der Waals surface area contributed by atoms with Crippen LogP contribution in [0.25, 0.3) is 0 Å². The van der Waals surface area contributed by atoms with Crippen molar-refractivity contribution in [3.63, 3.8) is 0 Å². The third-order valence-electron chi connectivity index (χ3n) is 3.84. The summed E-state index contributed by atoms with van der Waals surface area (Å²) in [6, 6.07) is 3.39. The van der Waals surface area contributed by atoms with Gasteiger partial charge in [-0.15, -0.1) is 0 Å². The van der Waals surface area contributed by atoms with E-state index in [9.17, 15) is 4.39 Å². The number of benzene rings is 1. The van der Waals surface area contributed by atoms with Crippen LogP contribution in [0.2, 0.25) is 0 Å². The monoisotopic (exact) mass is 263 g/mol. The number of ether oxygens (including phenoxy) is 1. The molecule has 2 aliphatic rings. The van der Waals surface area contributed by atoms with Crippen LogP contribution in [-0.4, -0.2) is 24.9 Å². The number of fused-ring (bicyclic) bond motifs is 1. The van der Waals surface area contributed by atoms with E-state index < -0.39 is 0 Å². The fourth-order valence-electron chi connectivity index (χ4n) is 2.72. The van der Waals surface area contributed by atoms with Gasteiger partial charge in [0.25, 0.3) is 0 Å². The Bertz CT molecular complexity index is 518. The SMILES string of the molecule is C[C@H]1NN=CC1Cc1cc(F)cc2c1OC(CN)C2. The lowest BCUT2D eigenvalue weighted by Gasteiger charge is -2.16. The molecule has 4 nitrogen and oxygen atoms in total. The van der Waals surface area contributed by atoms with E-state index in [1.54, 1.807) is 12.1 Å². The van der Waals surface area contributed by atoms with Crippen molar-refractivity contribution in [2.24, 2.45) is 16.8 Å². The maximum absolute atomic E-state index is 13.7. The predicted molar refractivity (Wildman–Crippen MR) is 71.9 cm³/mol. The van der Waals surface area contributed by atoms with Gasteiger partial charge in [-0.1, -0.05) is 0 Å². The van der Waals surface area contributed by atoms with E-state index in [0.29, 0.717) is 13.0 Å². The maximum atomic E-state index is 13.7. The van der Waals surface area contributed by atoms with Crippen molar-refractivity contribution in [3.05, 3.63) is 29.1 Å². The third kappa shape index (κ3) is 2.30. The highest BCUT2D eigenvalue weighted by molar-refractivity contribution is 5.64. The lowest BCUT2D eigenvalue weighted by atomic mass is 9.93. The molecule has 1 aromatic carbocycles. The van der Waals surface area contributed by atoms with Crippen LogP contribution in [0.4, 0.5) is 4.39 Å². The fraction of sp³-hybridized carbons (Fsp3) is 0.500. The van der Waals surface area contributed by atoms with E-state index in [0.717, 1.165) is 23.3 Å². The molecule has 1 aromatic rings. The number of nitrogens with zero attached hydrogens (tertiary/aromatic N) is 1. The number of hydrazone groups is 1. The van der Waals surface area contributed by atoms with Gasteiger partial charge < -0.3 is 15.9 Å². The van der Waals surface area contributed by atoms with Crippen LogP contribution < -0.4 is 15.9 Å². The molecule has 0 saturated heterocycles. The molecule has 0 amide bonds. The van der Waals surface area contributed by atoms with Crippen molar-refractivity contribution in [2.75, 3.05) is 6.54 Å². The topological polar surface area (TPSA) is 59.6 Å². The Hall–Kier alpha value is -1.62. The van der Waals surface area contributed by atoms with Gasteiger partial charge >= 0.3 is 0 Å². The summed E-state index contributed by atoms with van der Waals surface area (Å²) in [6.07, 6.45) is 3.29. The van der Waals surface area contributed by atoms with E-state index in [4.69, 9.17) is 10.5 Å². The number of rotatable bonds is 3. The number of nitrogens with one attached hydrogen (secondary N) is 1. The highest BCUT2D eigenvalue weighted by Gasteiger charge is 2.28. The quantitative estimate of drug-likeness (QED) is 0.862. The second kappa shape index (κ2) is 4.81. The average Bonchev–Trinajstić information content (AvgIpc) is 2.96. The van der Waals surface area contributed by atoms with Crippen molar-refractivity contribution in [2.45, 2.75) is 31.9 Å². The number of hydrogen-bond donors (Lipinski definition) is 2. The smallest absolute Gasteiger partial charge is 0.126 e. The third-order valence-corrected chi connectivity index (χ3v) is 3.84. The molecule has 102 valence electrons. The molecule has 19 heavy (non-hydrogen) atoms. The minimum Gasteiger partial charge on any atom is -0.488 e. The Morgan fingerprint density at radius 1 is 1.53 bits per heavy atom. The van der Waals surface area contributed by atoms with Gasteiger partial charge in [-0.3, -0.25) is 0 Å². The number of halogens is 1. The molecule has 2 heterocycles. The predicted octanol–water partition coefficient (Wildman–Crippen LogP) is 1.22. The first-order valence-corrected chi connectivity index (χ1v) is 6.64. The van der Waals surface area contributed by atoms with Crippen LogP contribution >= 0.6 is 0 Å². The van der Waals surface area contributed by atoms with Gasteiger partial charge in [-0.2, -0.15) is 5.10 Å². The van der Waals surface area contributed by atoms with E-state index in [1.165, 1.54) is 0 Å². The Morgan fingerprint density at radius 2 is 2.37 bits per heavy atom. The highest BCUT2D eigenvalue weighted by atomic mass is 19.1. The minimum atomic E-state index is -0.203. The summed E-state index contributed by atoms with van der Waals surface area (Å²) in [5.74, 6) is 0.890. The molecule has 2 aliphatic heterocycles. The average molecular weight is 263 g/mol. The van der Waals surface area contributed by atoms with Gasteiger partial charge in [0.15, 0.2) is 0 Å². The molecule has 2 unspecified atom stereocenters. The zero-order chi connectivity index (χ0) is 13.4. The van der Waals surface area contributed by atoms with Crippen molar-refractivity contribution in [1.82, 2.24) is 5.43 Å². The summed E-state index contributed by atoms with van der Waals surface area (Å²) in [4.78, 5) is 0. The Morgan fingerprint density at radius 3 is 3.05 bits per heavy atom. The van der Waals surface area contributed by atoms with Crippen LogP contribution in [0, 0.1) is 11.7 Å². The lowest BCUT2D eigenvalue weighted by Crippen LogP contribution is -2.26. The first-order valence-electron chi connectivity index (χ1n) is 6.64. The summed E-state index contributed by atoms with van der Waals surface area (Å²) >= 11 is 0. The van der Waals surface area contributed by atoms with Crippen molar-refractivity contribution < 1.29 is 9.13 Å². The van der Waals surface area contributed by atoms with Crippen LogP contribution in [-0.2, 0) is 12.8 Å². The standard InChI is InChI=1S/C14H18FN3O/c1-8-11(7-17-18-8)2-9-3-12(15)4-10-5-13(6-16)19-14(9)10/h3-4,7-8,11,13,18H,2,5-6,16H2,1H3/t8-,11?,13?/m1/s1. The van der Waals surface area contributed by atoms with Crippen molar-refractivity contribution >= 4 is 6.21 Å². The summed E-state index contributed by atoms with van der Waals surface area (Å²) in [5.41, 5.74) is 10.5. The molecular formula is C14H18FN3O. The van der Waals surface area contributed by atoms with Gasteiger partial charge in [0.1, 0.15) is 17.7 Å². The Kier molecular flexibility index (Phi) is 3.14. The summed E-state index contributed by atoms with van der Waals surface area (Å²) in [5, 5.41) is 4.06. The molecule has 3 atom stereocenters. The second-order valence-electron chi connectivity index (χ2n) is 5.30. The molecule has 0 saturated carbocycles. The first kappa shape index (κ1) is 12.4. The van der Waals surface area contributed by atoms with Crippen molar-refractivity contribution in [3.8, 4) is 5.75 Å². The molecule has 0 bridgehead atoms. The minimum absolute atomic E-state index is 0.0247. The van der Waals surface area contributed by atoms with Crippen LogP contribution in [0.15, 0.2) is 17.2 Å². The van der Waals surface area contributed by atoms with E-state index in [-0.39, 0.29) is 23.9 Å². The maximum Gasteiger partial charge on any atom is 0.126 e. The number of nitrogens with two attached hydrogens (primary N) is 1. The van der Waals surface area contributed by atoms with Gasteiger partial charge in [-0.25, -0.2) is 4.39 Å². The van der Waals surface area contributed by atoms with Crippen LogP contribution in [0.1, 0.15) is 18.1 Å². The molecule has 0 fully saturated rings. The van der Waals surface area contributed by atoms with Gasteiger partial charge in [0.05, 0.1) is 0 Å². The molecule has 3 rings (SSSR count). The van der Waals surface area contributed by atoms with Crippen LogP contribution in [0.5, 0.6) is 5.75 Å². The Labute approximate surface area is 111 Å². The lowest BCUT2D eigenvalue weighted by molar-refractivity contribution is 0.239. The van der Waals surface area contributed by atoms with Gasteiger partial charge in [0, 0.05) is 36.7 Å². The molecular weight excluding hydrogens is 245 g/mol. The normalized spacial score (nSPS) is 28.1. The van der Waals surface area contributed by atoms with E-state index >= 15 is 0 Å². The number of hydrogen-bond acceptors (Lipinski definition) is 4. The fourth-order valence-corrected chi connectivity index (χ4v) is 2.72. The zero-order valence-corrected chi connectivity index (χ0v) is 10.9. The summed E-state index contributed by atoms with van der Waals surface area (Å²) in [6.45, 7) is 2.53. The molecule has 3 N–H and O–H groups in total. The highest BCUT2D eigenvalue weighted by Crippen LogP contribution is 2.35. The van der Waals surface area contributed by atoms with E-state index in [1.807, 2.05) is 6.21 Å². The van der Waals surface area contributed by atoms with Gasteiger partial charge in [0.2, 0.25) is 0 Å². The molecule has 5 heteroatoms. The molecule has 0 aromatic heterocycles. The van der Waals surface area contributed by atoms with E-state index in [2.05, 4.69) is 17.5 Å². The first-order chi connectivity index (χ1) is 9.17. The van der Waals surface area contributed by atoms with Crippen molar-refractivity contribution in [1.29, 1.82) is 0 Å². The second-order valence-corrected chi connectivity index (χ2v) is 5.30. The zero-order valence-electron chi connectivity index (χ0n) is 10.9. The van der Waals surface area contributed by atoms with Crippen LogP contribution in [0.3, 0.4) is 0 Å². The summed E-state index contributed by atoms with van der Waals surface area (Å²) in [7, 11) is 0. The molecule has 0 aliphatic carbocycles. The molecule has 0 spiro atoms. The molecule has 0 radical (unpaired) electrons. The Balaban J connectivity index is 1.88. The largest absolute Gasteiger partial charge is 0.488 e. The van der Waals surface area contributed by atoms with Gasteiger partial charge in [-0.05, 0) is 31.0 Å². The summed E-state index contributed by atoms with van der Waals surface area (Å²) < 4.78 is 19.5.